The van der Waals surface area contributed by atoms with Crippen LogP contribution < -0.4 is 26.6 Å². The van der Waals surface area contributed by atoms with Crippen molar-refractivity contribution in [3.8, 4) is 5.69 Å². The molecule has 4 atom stereocenters. The van der Waals surface area contributed by atoms with Crippen LogP contribution in [-0.2, 0) is 97.0 Å². The van der Waals surface area contributed by atoms with Gasteiger partial charge in [0.1, 0.15) is 0 Å². The summed E-state index contributed by atoms with van der Waals surface area (Å²) in [5, 5.41) is 25.7. The Bertz CT molecular complexity index is 1240. The minimum absolute atomic E-state index is 0. The van der Waals surface area contributed by atoms with Gasteiger partial charge in [-0.25, -0.2) is 0 Å². The fourth-order valence-corrected chi connectivity index (χ4v) is 5.61. The van der Waals surface area contributed by atoms with Gasteiger partial charge in [0, 0.05) is 90.8 Å². The van der Waals surface area contributed by atoms with Gasteiger partial charge in [-0.05, 0) is 68.3 Å². The zero-order chi connectivity index (χ0) is 38.7. The van der Waals surface area contributed by atoms with E-state index in [2.05, 4.69) is 115 Å². The van der Waals surface area contributed by atoms with Crippen molar-refractivity contribution >= 4 is 0 Å². The first-order chi connectivity index (χ1) is 25.5. The second-order valence-corrected chi connectivity index (χ2v) is 13.7. The summed E-state index contributed by atoms with van der Waals surface area (Å²) in [7, 11) is 1.75. The van der Waals surface area contributed by atoms with Crippen LogP contribution in [0.2, 0.25) is 0 Å². The number of aromatic nitrogens is 4. The minimum Gasteiger partial charge on any atom is -0.344 e. The average Bonchev–Trinajstić information content (AvgIpc) is 3.67. The molecule has 0 spiro atoms. The monoisotopic (exact) mass is 1480 g/mol. The molecule has 3 aromatic rings. The van der Waals surface area contributed by atoms with E-state index in [0.717, 1.165) is 5.56 Å². The summed E-state index contributed by atoms with van der Waals surface area (Å²) < 4.78 is 38.6. The van der Waals surface area contributed by atoms with Gasteiger partial charge in [-0.3, -0.25) is 0 Å². The zero-order valence-electron chi connectivity index (χ0n) is 34.6. The number of alkyl halides is 3. The summed E-state index contributed by atoms with van der Waals surface area (Å²) in [5.74, 6) is -1.14. The summed E-state index contributed by atoms with van der Waals surface area (Å²) in [6, 6.07) is 19.5. The van der Waals surface area contributed by atoms with Crippen LogP contribution >= 0.6 is 0 Å². The van der Waals surface area contributed by atoms with E-state index in [1.807, 2.05) is 18.2 Å². The van der Waals surface area contributed by atoms with Crippen molar-refractivity contribution in [1.82, 2.24) is 46.8 Å². The van der Waals surface area contributed by atoms with E-state index in [-0.39, 0.29) is 89.9 Å². The fraction of sp³-hybridized carbons (Fsp3) is 0.585. The first-order valence-electron chi connectivity index (χ1n) is 19.4. The van der Waals surface area contributed by atoms with Crippen LogP contribution in [0.3, 0.4) is 0 Å². The van der Waals surface area contributed by atoms with E-state index in [0.29, 0.717) is 35.4 Å². The molecular weight excluding hydrogens is 1410 g/mol. The quantitative estimate of drug-likeness (QED) is 0.175. The summed E-state index contributed by atoms with van der Waals surface area (Å²) in [6.45, 7) is 16.2. The Morgan fingerprint density at radius 1 is 0.667 bits per heavy atom. The van der Waals surface area contributed by atoms with Crippen molar-refractivity contribution in [2.75, 3.05) is 33.2 Å². The molecule has 0 amide bonds. The standard InChI is InChI=1S/C10H10F3N5.C7H8.4C6H12N.4W/c1-14-6-7-3-2-4-8(5-7)18-9(10(11,12)13)15-16-17-18;1-7-5-3-2-4-6-7;4*1-6-4-2-3-5-7-6;;;;/h2-5,14H,6H2,1H3;2-6H,1H3;4*4,6-7H,2-3,5H2,1H3;;;;/q;;4*-1;;;;/t;;4*6-;;;;/m..1100..../s1. The molecule has 0 radical (unpaired) electrons. The van der Waals surface area contributed by atoms with Crippen LogP contribution in [0.25, 0.3) is 5.69 Å². The number of nitrogens with one attached hydrogen (secondary N) is 5. The van der Waals surface area contributed by atoms with Crippen molar-refractivity contribution in [3.05, 3.63) is 97.2 Å². The average molecular weight is 1480 g/mol. The number of aryl methyl sites for hydroxylation is 1. The van der Waals surface area contributed by atoms with Gasteiger partial charge >= 0.3 is 6.18 Å². The van der Waals surface area contributed by atoms with Gasteiger partial charge in [-0.15, -0.1) is 29.3 Å². The second-order valence-electron chi connectivity index (χ2n) is 13.7. The number of hydrogen-bond donors (Lipinski definition) is 5. The number of halogens is 3. The van der Waals surface area contributed by atoms with Crippen LogP contribution in [-0.4, -0.2) is 77.6 Å². The zero-order valence-corrected chi connectivity index (χ0v) is 46.3. The number of hydrogen-bond acceptors (Lipinski definition) is 8. The van der Waals surface area contributed by atoms with Crippen molar-refractivity contribution in [3.63, 3.8) is 0 Å². The van der Waals surface area contributed by atoms with Crippen molar-refractivity contribution < 1.29 is 97.4 Å². The maximum Gasteiger partial charge on any atom is 0.453 e. The molecule has 1 aromatic heterocycles. The molecule has 0 saturated carbocycles. The molecule has 4 aliphatic heterocycles. The largest absolute Gasteiger partial charge is 0.453 e. The Balaban J connectivity index is -0.000000641. The van der Waals surface area contributed by atoms with Crippen LogP contribution in [0.15, 0.2) is 54.6 Å². The third-order valence-electron chi connectivity index (χ3n) is 8.67. The molecular formula is C41H66F3N9W4-4. The third kappa shape index (κ3) is 30.5. The predicted molar refractivity (Wildman–Crippen MR) is 212 cm³/mol. The predicted octanol–water partition coefficient (Wildman–Crippen LogP) is 7.24. The van der Waals surface area contributed by atoms with Gasteiger partial charge in [-0.1, -0.05) is 101 Å². The molecule has 0 bridgehead atoms. The van der Waals surface area contributed by atoms with E-state index < -0.39 is 12.0 Å². The van der Waals surface area contributed by atoms with Gasteiger partial charge in [0.2, 0.25) is 0 Å². The first-order valence-corrected chi connectivity index (χ1v) is 19.4. The van der Waals surface area contributed by atoms with E-state index in [1.165, 1.54) is 89.2 Å². The SMILES string of the molecule is CNCc1cccc(-n2nnnc2C(F)(F)F)c1.C[C@@H]1[CH-]CCCN1.C[C@@H]1[CH-]CCCN1.C[C@H]1[CH-]CCCN1.C[C@H]1[CH-]CCCN1.Cc1ccccc1.[W].[W].[W].[W]. The summed E-state index contributed by atoms with van der Waals surface area (Å²) >= 11 is 0. The molecule has 0 aliphatic carbocycles. The maximum absolute atomic E-state index is 12.6. The maximum atomic E-state index is 12.6. The molecule has 4 fully saturated rings. The molecule has 57 heavy (non-hydrogen) atoms. The van der Waals surface area contributed by atoms with E-state index >= 15 is 0 Å². The van der Waals surface area contributed by atoms with E-state index in [1.54, 1.807) is 25.2 Å². The minimum atomic E-state index is -4.58. The fourth-order valence-electron chi connectivity index (χ4n) is 5.61. The van der Waals surface area contributed by atoms with Gasteiger partial charge in [0.15, 0.2) is 0 Å². The number of piperidine rings is 4. The third-order valence-corrected chi connectivity index (χ3v) is 8.67. The first kappa shape index (κ1) is 61.2. The van der Waals surface area contributed by atoms with Crippen LogP contribution in [0.1, 0.15) is 96.0 Å². The summed E-state index contributed by atoms with van der Waals surface area (Å²) in [5.41, 5.74) is 2.45. The molecule has 0 unspecified atom stereocenters. The molecule has 7 rings (SSSR count). The molecule has 4 aliphatic rings. The molecule has 2 aromatic carbocycles. The van der Waals surface area contributed by atoms with E-state index in [4.69, 9.17) is 0 Å². The molecule has 5 heterocycles. The normalized spacial score (nSPS) is 21.0. The smallest absolute Gasteiger partial charge is 0.344 e. The van der Waals surface area contributed by atoms with Crippen LogP contribution in [0, 0.1) is 32.6 Å². The molecule has 16 heteroatoms. The summed E-state index contributed by atoms with van der Waals surface area (Å²) in [4.78, 5) is 0. The Morgan fingerprint density at radius 3 is 1.37 bits per heavy atom. The molecule has 9 nitrogen and oxygen atoms in total. The molecule has 324 valence electrons. The number of benzene rings is 2. The number of rotatable bonds is 3. The van der Waals surface area contributed by atoms with Crippen LogP contribution in [0.4, 0.5) is 13.2 Å². The van der Waals surface area contributed by atoms with Crippen molar-refractivity contribution in [2.45, 2.75) is 123 Å². The molecule has 5 N–H and O–H groups in total. The second kappa shape index (κ2) is 37.6. The summed E-state index contributed by atoms with van der Waals surface area (Å²) in [6.07, 6.45) is 15.2. The molecule has 4 saturated heterocycles. The van der Waals surface area contributed by atoms with Gasteiger partial charge in [0.05, 0.1) is 5.69 Å². The Kier molecular flexibility index (Phi) is 40.3. The van der Waals surface area contributed by atoms with E-state index in [9.17, 15) is 13.2 Å². The van der Waals surface area contributed by atoms with Gasteiger partial charge in [0.25, 0.3) is 5.82 Å². The number of nitrogens with zero attached hydrogens (tertiary/aromatic N) is 4. The number of tetrazole rings is 1. The Hall–Kier alpha value is -0.147. The van der Waals surface area contributed by atoms with Crippen molar-refractivity contribution in [2.24, 2.45) is 0 Å². The van der Waals surface area contributed by atoms with Crippen molar-refractivity contribution in [1.29, 1.82) is 0 Å². The topological polar surface area (TPSA) is 104 Å². The Labute approximate surface area is 400 Å². The van der Waals surface area contributed by atoms with Gasteiger partial charge in [-0.2, -0.15) is 43.5 Å². The van der Waals surface area contributed by atoms with Crippen LogP contribution in [0.5, 0.6) is 0 Å². The van der Waals surface area contributed by atoms with Gasteiger partial charge < -0.3 is 52.3 Å². The Morgan fingerprint density at radius 2 is 1.09 bits per heavy atom.